The zero-order valence-electron chi connectivity index (χ0n) is 20.1. The number of carboxylic acids is 1. The van der Waals surface area contributed by atoms with Gasteiger partial charge in [0.15, 0.2) is 0 Å². The number of nitrogens with one attached hydrogen (secondary N) is 1. The van der Waals surface area contributed by atoms with Crippen molar-refractivity contribution in [2.45, 2.75) is 88.2 Å². The predicted molar refractivity (Wildman–Crippen MR) is 131 cm³/mol. The van der Waals surface area contributed by atoms with Crippen molar-refractivity contribution in [3.05, 3.63) is 10.6 Å². The molecule has 1 unspecified atom stereocenters. The number of amides is 1. The Morgan fingerprint density at radius 3 is 2.56 bits per heavy atom. The molecule has 1 amide bonds. The van der Waals surface area contributed by atoms with Crippen molar-refractivity contribution >= 4 is 30.8 Å². The lowest BCUT2D eigenvalue weighted by atomic mass is 9.79. The summed E-state index contributed by atoms with van der Waals surface area (Å²) in [6.45, 7) is 6.35. The molecule has 190 valence electrons. The molecule has 11 heteroatoms. The maximum atomic E-state index is 12.5. The zero-order chi connectivity index (χ0) is 24.6. The highest BCUT2D eigenvalue weighted by Gasteiger charge is 2.60. The summed E-state index contributed by atoms with van der Waals surface area (Å²) >= 11 is 1.64. The average molecular weight is 495 g/mol. The molecule has 4 rings (SSSR count). The van der Waals surface area contributed by atoms with E-state index < -0.39 is 25.1 Å². The van der Waals surface area contributed by atoms with Crippen LogP contribution in [0.25, 0.3) is 0 Å². The summed E-state index contributed by atoms with van der Waals surface area (Å²) in [7, 11) is -1.22. The number of fused-ring (bicyclic) bond motifs is 1. The van der Waals surface area contributed by atoms with E-state index in [4.69, 9.17) is 10.0 Å². The average Bonchev–Trinajstić information content (AvgIpc) is 3.33. The van der Waals surface area contributed by atoms with Crippen LogP contribution in [0.1, 0.15) is 52.4 Å². The Morgan fingerprint density at radius 1 is 1.24 bits per heavy atom. The number of aliphatic hydroxyl groups excluding tert-OH is 1. The molecular weight excluding hydrogens is 457 g/mol. The van der Waals surface area contributed by atoms with E-state index in [9.17, 15) is 19.8 Å². The van der Waals surface area contributed by atoms with Gasteiger partial charge < -0.3 is 30.5 Å². The maximum Gasteiger partial charge on any atom is 0.451 e. The third-order valence-corrected chi connectivity index (χ3v) is 9.60. The summed E-state index contributed by atoms with van der Waals surface area (Å²) in [6.07, 6.45) is 5.90. The summed E-state index contributed by atoms with van der Waals surface area (Å²) in [5.41, 5.74) is 0.128. The van der Waals surface area contributed by atoms with E-state index in [1.165, 1.54) is 4.90 Å². The van der Waals surface area contributed by atoms with Crippen LogP contribution in [0.2, 0.25) is 6.32 Å². The Bertz CT molecular complexity index is 804. The Hall–Kier alpha value is -1.11. The van der Waals surface area contributed by atoms with E-state index in [2.05, 4.69) is 10.2 Å². The van der Waals surface area contributed by atoms with E-state index >= 15 is 0 Å². The van der Waals surface area contributed by atoms with Gasteiger partial charge in [0.25, 0.3) is 0 Å². The summed E-state index contributed by atoms with van der Waals surface area (Å²) < 4.78 is 0. The van der Waals surface area contributed by atoms with E-state index in [1.807, 2.05) is 6.92 Å². The standard InChI is InChI=1S/C23H38BN3O6S/c1-13-19-18(14(2)28)22(29)27(19)20(23(30)31)21(13)34-17-8-11-26(12-17)16-6-4-15(5-7-16)25-10-3-9-24(32)33/h13-19,25,28,32-33H,3-12H2,1-2H3,(H,30,31)/t13-,14-,15?,16?,17?,18-,19-/m1/s1. The predicted octanol–water partition coefficient (Wildman–Crippen LogP) is 0.711. The first kappa shape index (κ1) is 26.0. The van der Waals surface area contributed by atoms with Gasteiger partial charge in [-0.2, -0.15) is 0 Å². The van der Waals surface area contributed by atoms with Gasteiger partial charge in [-0.3, -0.25) is 9.69 Å². The Morgan fingerprint density at radius 2 is 1.94 bits per heavy atom. The highest BCUT2D eigenvalue weighted by molar-refractivity contribution is 8.03. The second kappa shape index (κ2) is 10.9. The van der Waals surface area contributed by atoms with E-state index in [0.717, 1.165) is 63.1 Å². The van der Waals surface area contributed by atoms with Crippen molar-refractivity contribution < 1.29 is 29.9 Å². The number of carboxylic acid groups (broad SMARTS) is 1. The van der Waals surface area contributed by atoms with E-state index in [1.54, 1.807) is 18.7 Å². The van der Waals surface area contributed by atoms with Crippen LogP contribution >= 0.6 is 11.8 Å². The molecule has 3 heterocycles. The molecule has 5 N–H and O–H groups in total. The van der Waals surface area contributed by atoms with Gasteiger partial charge in [0.2, 0.25) is 5.91 Å². The number of carbonyl (C=O) groups is 2. The first-order valence-electron chi connectivity index (χ1n) is 12.7. The molecular formula is C23H38BN3O6S. The number of aliphatic carboxylic acids is 1. The number of hydrogen-bond donors (Lipinski definition) is 5. The number of likely N-dealkylation sites (tertiary alicyclic amines) is 1. The molecule has 0 aromatic heterocycles. The van der Waals surface area contributed by atoms with Crippen LogP contribution in [-0.2, 0) is 9.59 Å². The summed E-state index contributed by atoms with van der Waals surface area (Å²) in [4.78, 5) is 29.3. The van der Waals surface area contributed by atoms with E-state index in [-0.39, 0.29) is 23.6 Å². The Labute approximate surface area is 206 Å². The van der Waals surface area contributed by atoms with Crippen LogP contribution in [-0.4, -0.2) is 98.2 Å². The van der Waals surface area contributed by atoms with Crippen molar-refractivity contribution in [2.75, 3.05) is 19.6 Å². The number of hydrogen-bond acceptors (Lipinski definition) is 8. The molecule has 5 atom stereocenters. The number of aliphatic hydroxyl groups is 1. The van der Waals surface area contributed by atoms with Crippen molar-refractivity contribution in [1.82, 2.24) is 15.1 Å². The van der Waals surface area contributed by atoms with E-state index in [0.29, 0.717) is 23.7 Å². The molecule has 1 saturated carbocycles. The summed E-state index contributed by atoms with van der Waals surface area (Å²) in [6, 6.07) is 0.798. The Balaban J connectivity index is 1.28. The molecule has 0 aromatic carbocycles. The first-order valence-corrected chi connectivity index (χ1v) is 13.6. The van der Waals surface area contributed by atoms with Gasteiger partial charge in [0.1, 0.15) is 5.70 Å². The van der Waals surface area contributed by atoms with Gasteiger partial charge in [-0.25, -0.2) is 4.79 Å². The minimum Gasteiger partial charge on any atom is -0.477 e. The van der Waals surface area contributed by atoms with Gasteiger partial charge >= 0.3 is 13.1 Å². The molecule has 0 bridgehead atoms. The van der Waals surface area contributed by atoms with Crippen LogP contribution in [0.5, 0.6) is 0 Å². The normalized spacial score (nSPS) is 34.9. The second-order valence-electron chi connectivity index (χ2n) is 10.4. The third kappa shape index (κ3) is 5.20. The van der Waals surface area contributed by atoms with Gasteiger partial charge in [0, 0.05) is 34.7 Å². The van der Waals surface area contributed by atoms with Gasteiger partial charge in [0.05, 0.1) is 18.1 Å². The fraction of sp³-hybridized carbons (Fsp3) is 0.826. The molecule has 0 radical (unpaired) electrons. The molecule has 3 aliphatic heterocycles. The lowest BCUT2D eigenvalue weighted by molar-refractivity contribution is -0.163. The highest BCUT2D eigenvalue weighted by Crippen LogP contribution is 2.52. The van der Waals surface area contributed by atoms with Crippen LogP contribution in [0, 0.1) is 11.8 Å². The molecule has 2 saturated heterocycles. The molecule has 0 spiro atoms. The quantitative estimate of drug-likeness (QED) is 0.169. The smallest absolute Gasteiger partial charge is 0.451 e. The topological polar surface area (TPSA) is 134 Å². The van der Waals surface area contributed by atoms with Crippen LogP contribution in [0.15, 0.2) is 10.6 Å². The van der Waals surface area contributed by atoms with Gasteiger partial charge in [-0.1, -0.05) is 6.92 Å². The SMILES string of the molecule is C[C@@H](O)[C@H]1C(=O)N2C(C(=O)O)=C(SC3CCN(C4CCC(NCCCB(O)O)CC4)C3)[C@H](C)[C@H]12. The lowest BCUT2D eigenvalue weighted by Crippen LogP contribution is -2.63. The van der Waals surface area contributed by atoms with Crippen LogP contribution < -0.4 is 5.32 Å². The third-order valence-electron chi connectivity index (χ3n) is 8.07. The maximum absolute atomic E-state index is 12.5. The summed E-state index contributed by atoms with van der Waals surface area (Å²) in [5.74, 6) is -1.91. The van der Waals surface area contributed by atoms with Crippen LogP contribution in [0.3, 0.4) is 0 Å². The van der Waals surface area contributed by atoms with Crippen molar-refractivity contribution in [3.63, 3.8) is 0 Å². The highest BCUT2D eigenvalue weighted by atomic mass is 32.2. The fourth-order valence-corrected chi connectivity index (χ4v) is 7.78. The van der Waals surface area contributed by atoms with Crippen molar-refractivity contribution in [2.24, 2.45) is 11.8 Å². The minimum absolute atomic E-state index is 0.0732. The number of carbonyl (C=O) groups excluding carboxylic acids is 1. The number of rotatable bonds is 10. The fourth-order valence-electron chi connectivity index (χ4n) is 6.28. The largest absolute Gasteiger partial charge is 0.477 e. The lowest BCUT2D eigenvalue weighted by Gasteiger charge is -2.46. The van der Waals surface area contributed by atoms with Crippen LogP contribution in [0.4, 0.5) is 0 Å². The summed E-state index contributed by atoms with van der Waals surface area (Å²) in [5, 5.41) is 41.6. The second-order valence-corrected chi connectivity index (χ2v) is 11.7. The molecule has 0 aromatic rings. The number of nitrogens with zero attached hydrogens (tertiary/aromatic N) is 2. The molecule has 34 heavy (non-hydrogen) atoms. The minimum atomic E-state index is -1.22. The molecule has 4 aliphatic rings. The first-order chi connectivity index (χ1) is 16.2. The molecule has 1 aliphatic carbocycles. The van der Waals surface area contributed by atoms with Crippen molar-refractivity contribution in [3.8, 4) is 0 Å². The molecule has 9 nitrogen and oxygen atoms in total. The van der Waals surface area contributed by atoms with Crippen molar-refractivity contribution in [1.29, 1.82) is 0 Å². The number of β-lactam (4-membered cyclic amide) rings is 1. The van der Waals surface area contributed by atoms with Gasteiger partial charge in [-0.15, -0.1) is 11.8 Å². The monoisotopic (exact) mass is 495 g/mol. The Kier molecular flexibility index (Phi) is 8.31. The zero-order valence-corrected chi connectivity index (χ0v) is 20.9. The van der Waals surface area contributed by atoms with Gasteiger partial charge in [-0.05, 0) is 64.9 Å². The molecule has 3 fully saturated rings. The number of thioether (sulfide) groups is 1.